The topological polar surface area (TPSA) is 140 Å². The smallest absolute Gasteiger partial charge is 0.337 e. The summed E-state index contributed by atoms with van der Waals surface area (Å²) in [4.78, 5) is 24.7. The Morgan fingerprint density at radius 2 is 1.79 bits per heavy atom. The molecule has 11 nitrogen and oxygen atoms in total. The summed E-state index contributed by atoms with van der Waals surface area (Å²) in [5.74, 6) is 0.362. The van der Waals surface area contributed by atoms with Crippen LogP contribution in [0.15, 0.2) is 95.2 Å². The van der Waals surface area contributed by atoms with Crippen molar-refractivity contribution in [1.82, 2.24) is 16.1 Å². The van der Waals surface area contributed by atoms with E-state index in [0.29, 0.717) is 40.7 Å². The maximum Gasteiger partial charge on any atom is 0.337 e. The SMILES string of the molecule is CCOc1cc([C@@H]2NC(=O)NC(C)=C2C(=O)OC)ccc1OC[C@@H](O)N/N=C/c1c(OCc2ccc(F)cc2)ccc2ccccc12. The molecule has 4 aromatic rings. The van der Waals surface area contributed by atoms with Crippen LogP contribution in [0.5, 0.6) is 17.2 Å². The molecule has 4 aromatic carbocycles. The van der Waals surface area contributed by atoms with Crippen molar-refractivity contribution in [1.29, 1.82) is 0 Å². The number of methoxy groups -OCH3 is 1. The predicted molar refractivity (Wildman–Crippen MR) is 174 cm³/mol. The van der Waals surface area contributed by atoms with Crippen LogP contribution in [0.3, 0.4) is 0 Å². The van der Waals surface area contributed by atoms with Crippen molar-refractivity contribution < 1.29 is 38.0 Å². The Hall–Kier alpha value is -5.62. The number of hydrogen-bond donors (Lipinski definition) is 4. The first-order chi connectivity index (χ1) is 22.8. The van der Waals surface area contributed by atoms with Gasteiger partial charge < -0.3 is 34.7 Å². The zero-order valence-corrected chi connectivity index (χ0v) is 26.1. The highest BCUT2D eigenvalue weighted by molar-refractivity contribution is 6.02. The highest BCUT2D eigenvalue weighted by Crippen LogP contribution is 2.35. The van der Waals surface area contributed by atoms with Crippen molar-refractivity contribution in [2.75, 3.05) is 20.3 Å². The van der Waals surface area contributed by atoms with Crippen LogP contribution in [0.25, 0.3) is 10.8 Å². The predicted octanol–water partition coefficient (Wildman–Crippen LogP) is 5.08. The fourth-order valence-corrected chi connectivity index (χ4v) is 5.09. The summed E-state index contributed by atoms with van der Waals surface area (Å²) in [5, 5.41) is 22.1. The van der Waals surface area contributed by atoms with E-state index in [9.17, 15) is 19.1 Å². The number of aliphatic hydroxyl groups is 1. The van der Waals surface area contributed by atoms with Crippen LogP contribution in [0.4, 0.5) is 9.18 Å². The van der Waals surface area contributed by atoms with Crippen molar-refractivity contribution in [2.45, 2.75) is 32.7 Å². The number of aliphatic hydroxyl groups excluding tert-OH is 1. The molecule has 12 heteroatoms. The third-order valence-electron chi connectivity index (χ3n) is 7.33. The second-order valence-electron chi connectivity index (χ2n) is 10.5. The number of rotatable bonds is 13. The number of hydrazone groups is 1. The summed E-state index contributed by atoms with van der Waals surface area (Å²) in [7, 11) is 1.27. The number of esters is 1. The molecule has 0 unspecified atom stereocenters. The Bertz CT molecular complexity index is 1810. The largest absolute Gasteiger partial charge is 0.490 e. The molecule has 244 valence electrons. The minimum atomic E-state index is -1.20. The van der Waals surface area contributed by atoms with Crippen LogP contribution in [-0.4, -0.2) is 49.9 Å². The van der Waals surface area contributed by atoms with E-state index in [0.717, 1.165) is 16.3 Å². The zero-order valence-electron chi connectivity index (χ0n) is 26.1. The number of halogens is 1. The molecule has 0 saturated heterocycles. The molecule has 0 radical (unpaired) electrons. The van der Waals surface area contributed by atoms with E-state index < -0.39 is 24.3 Å². The van der Waals surface area contributed by atoms with Gasteiger partial charge in [0.25, 0.3) is 0 Å². The minimum absolute atomic E-state index is 0.184. The number of nitrogens with zero attached hydrogens (tertiary/aromatic N) is 1. The Labute approximate surface area is 271 Å². The normalized spacial score (nSPS) is 15.2. The first-order valence-corrected chi connectivity index (χ1v) is 14.9. The molecule has 0 saturated carbocycles. The van der Waals surface area contributed by atoms with E-state index in [1.165, 1.54) is 19.2 Å². The lowest BCUT2D eigenvalue weighted by Gasteiger charge is -2.28. The van der Waals surface area contributed by atoms with Crippen LogP contribution < -0.4 is 30.3 Å². The zero-order chi connectivity index (χ0) is 33.3. The molecule has 4 N–H and O–H groups in total. The molecule has 0 aliphatic carbocycles. The second kappa shape index (κ2) is 15.1. The van der Waals surface area contributed by atoms with Crippen LogP contribution in [0, 0.1) is 5.82 Å². The maximum atomic E-state index is 13.3. The van der Waals surface area contributed by atoms with Gasteiger partial charge in [0, 0.05) is 11.3 Å². The number of benzene rings is 4. The Morgan fingerprint density at radius 3 is 2.55 bits per heavy atom. The summed E-state index contributed by atoms with van der Waals surface area (Å²) >= 11 is 0. The van der Waals surface area contributed by atoms with E-state index in [1.807, 2.05) is 43.3 Å². The quantitative estimate of drug-likeness (QED) is 0.0686. The number of urea groups is 1. The third-order valence-corrected chi connectivity index (χ3v) is 7.33. The highest BCUT2D eigenvalue weighted by Gasteiger charge is 2.32. The summed E-state index contributed by atoms with van der Waals surface area (Å²) in [5.41, 5.74) is 5.39. The molecule has 0 aromatic heterocycles. The summed E-state index contributed by atoms with van der Waals surface area (Å²) in [6.45, 7) is 3.80. The van der Waals surface area contributed by atoms with Crippen molar-refractivity contribution in [2.24, 2.45) is 5.10 Å². The Kier molecular flexibility index (Phi) is 10.5. The average molecular weight is 643 g/mol. The minimum Gasteiger partial charge on any atom is -0.490 e. The van der Waals surface area contributed by atoms with Gasteiger partial charge in [-0.2, -0.15) is 5.10 Å². The van der Waals surface area contributed by atoms with Gasteiger partial charge in [0.2, 0.25) is 0 Å². The fourth-order valence-electron chi connectivity index (χ4n) is 5.09. The third kappa shape index (κ3) is 7.97. The summed E-state index contributed by atoms with van der Waals surface area (Å²) in [6, 6.07) is 21.4. The van der Waals surface area contributed by atoms with Gasteiger partial charge >= 0.3 is 12.0 Å². The first-order valence-electron chi connectivity index (χ1n) is 14.9. The first kappa shape index (κ1) is 32.8. The number of nitrogens with one attached hydrogen (secondary N) is 3. The van der Waals surface area contributed by atoms with E-state index in [-0.39, 0.29) is 24.6 Å². The lowest BCUT2D eigenvalue weighted by Crippen LogP contribution is -2.45. The maximum absolute atomic E-state index is 13.3. The van der Waals surface area contributed by atoms with Gasteiger partial charge in [0.15, 0.2) is 17.7 Å². The molecule has 5 rings (SSSR count). The number of amides is 2. The lowest BCUT2D eigenvalue weighted by molar-refractivity contribution is -0.136. The Balaban J connectivity index is 1.28. The molecule has 0 spiro atoms. The van der Waals surface area contributed by atoms with Gasteiger partial charge in [-0.1, -0.05) is 48.5 Å². The number of allylic oxidation sites excluding steroid dienone is 1. The van der Waals surface area contributed by atoms with Crippen molar-refractivity contribution in [3.8, 4) is 17.2 Å². The summed E-state index contributed by atoms with van der Waals surface area (Å²) < 4.78 is 36.0. The molecule has 2 amide bonds. The molecular weight excluding hydrogens is 607 g/mol. The van der Waals surface area contributed by atoms with E-state index >= 15 is 0 Å². The van der Waals surface area contributed by atoms with Crippen LogP contribution in [-0.2, 0) is 16.1 Å². The van der Waals surface area contributed by atoms with Gasteiger partial charge in [-0.15, -0.1) is 0 Å². The van der Waals surface area contributed by atoms with Gasteiger partial charge in [0.1, 0.15) is 24.8 Å². The number of fused-ring (bicyclic) bond motifs is 1. The highest BCUT2D eigenvalue weighted by atomic mass is 19.1. The van der Waals surface area contributed by atoms with Crippen molar-refractivity contribution in [3.63, 3.8) is 0 Å². The monoisotopic (exact) mass is 642 g/mol. The van der Waals surface area contributed by atoms with Gasteiger partial charge in [-0.25, -0.2) is 14.0 Å². The number of carbonyl (C=O) groups is 2. The molecule has 47 heavy (non-hydrogen) atoms. The average Bonchev–Trinajstić information content (AvgIpc) is 3.07. The summed E-state index contributed by atoms with van der Waals surface area (Å²) in [6.07, 6.45) is 0.368. The van der Waals surface area contributed by atoms with E-state index in [4.69, 9.17) is 18.9 Å². The van der Waals surface area contributed by atoms with Crippen molar-refractivity contribution in [3.05, 3.63) is 113 Å². The van der Waals surface area contributed by atoms with Crippen molar-refractivity contribution >= 4 is 29.0 Å². The number of hydrogen-bond acceptors (Lipinski definition) is 9. The molecule has 2 atom stereocenters. The van der Waals surface area contributed by atoms with Crippen LogP contribution in [0.1, 0.15) is 36.6 Å². The fraction of sp³-hybridized carbons (Fsp3) is 0.229. The van der Waals surface area contributed by atoms with E-state index in [1.54, 1.807) is 43.5 Å². The van der Waals surface area contributed by atoms with Gasteiger partial charge in [-0.05, 0) is 66.1 Å². The van der Waals surface area contributed by atoms with Crippen LogP contribution in [0.2, 0.25) is 0 Å². The second-order valence-corrected chi connectivity index (χ2v) is 10.5. The van der Waals surface area contributed by atoms with Crippen LogP contribution >= 0.6 is 0 Å². The van der Waals surface area contributed by atoms with E-state index in [2.05, 4.69) is 21.2 Å². The Morgan fingerprint density at radius 1 is 1.02 bits per heavy atom. The standard InChI is InChI=1S/C35H35FN4O7/c1-4-45-30-17-24(33-32(34(42)44-3)21(2)38-35(43)39-33)12-16-29(30)47-20-31(41)40-37-18-27-26-8-6-5-7-23(26)11-15-28(27)46-19-22-9-13-25(36)14-10-22/h5-18,31,33,40-41H,4,19-20H2,1-3H3,(H2,38,39,43)/b37-18+/t31-,33+/m1/s1. The number of carbonyl (C=O) groups excluding carboxylic acids is 2. The van der Waals surface area contributed by atoms with Gasteiger partial charge in [-0.3, -0.25) is 5.43 Å². The molecular formula is C35H35FN4O7. The molecule has 0 bridgehead atoms. The molecule has 1 heterocycles. The lowest BCUT2D eigenvalue weighted by atomic mass is 9.95. The number of ether oxygens (including phenoxy) is 4. The van der Waals surface area contributed by atoms with Gasteiger partial charge in [0.05, 0.1) is 31.5 Å². The molecule has 0 fully saturated rings. The molecule has 1 aliphatic rings. The molecule has 1 aliphatic heterocycles.